The summed E-state index contributed by atoms with van der Waals surface area (Å²) in [5.74, 6) is 1.52. The van der Waals surface area contributed by atoms with Crippen molar-refractivity contribution in [3.63, 3.8) is 0 Å². The summed E-state index contributed by atoms with van der Waals surface area (Å²) in [4.78, 5) is 0. The Morgan fingerprint density at radius 3 is 2.06 bits per heavy atom. The molecule has 1 aliphatic heterocycles. The lowest BCUT2D eigenvalue weighted by Gasteiger charge is -2.44. The van der Waals surface area contributed by atoms with E-state index < -0.39 is 32.4 Å². The first-order valence-corrected chi connectivity index (χ1v) is 20.0. The predicted molar refractivity (Wildman–Crippen MR) is 156 cm³/mol. The summed E-state index contributed by atoms with van der Waals surface area (Å²) in [7, 11) is -5.48. The lowest BCUT2D eigenvalue weighted by atomic mass is 10.0. The Morgan fingerprint density at radius 2 is 1.53 bits per heavy atom. The number of nitrogens with one attached hydrogen (secondary N) is 1. The molecule has 3 atom stereocenters. The molecular weight excluding hydrogens is 507 g/mol. The van der Waals surface area contributed by atoms with E-state index >= 15 is 0 Å². The van der Waals surface area contributed by atoms with E-state index in [0.29, 0.717) is 13.0 Å². The van der Waals surface area contributed by atoms with E-state index in [9.17, 15) is 4.21 Å². The Bertz CT molecular complexity index is 916. The summed E-state index contributed by atoms with van der Waals surface area (Å²) < 4.78 is 41.6. The molecule has 0 saturated carbocycles. The van der Waals surface area contributed by atoms with Crippen LogP contribution in [-0.4, -0.2) is 51.1 Å². The van der Waals surface area contributed by atoms with Gasteiger partial charge in [0, 0.05) is 0 Å². The van der Waals surface area contributed by atoms with Crippen LogP contribution in [0, 0.1) is 0 Å². The van der Waals surface area contributed by atoms with Gasteiger partial charge in [0.1, 0.15) is 0 Å². The van der Waals surface area contributed by atoms with Crippen LogP contribution < -0.4 is 14.2 Å². The normalized spacial score (nSPS) is 17.7. The molecule has 1 aromatic rings. The second kappa shape index (κ2) is 11.2. The van der Waals surface area contributed by atoms with Gasteiger partial charge < -0.3 is 18.3 Å². The van der Waals surface area contributed by atoms with Gasteiger partial charge in [0.2, 0.25) is 6.79 Å². The standard InChI is InChI=1S/C27H51NO5SSi2/c1-25(2,3)34(29)28-21(17-20-15-14-16-22-24(20)31-19-30-22)23(33-36(12,13)27(7,8)9)18-32-35(10,11)26(4,5)6/h14-16,21,23,28H,17-19H2,1-13H3/t21-,23+,34?/m0/s1. The fourth-order valence-electron chi connectivity index (χ4n) is 3.25. The molecule has 0 radical (unpaired) electrons. The maximum Gasteiger partial charge on any atom is 0.231 e. The summed E-state index contributed by atoms with van der Waals surface area (Å²) in [6.07, 6.45) is 0.318. The van der Waals surface area contributed by atoms with E-state index in [1.165, 1.54) is 0 Å². The number of para-hydroxylation sites is 1. The van der Waals surface area contributed by atoms with Gasteiger partial charge in [-0.25, -0.2) is 8.93 Å². The van der Waals surface area contributed by atoms with Crippen molar-refractivity contribution in [2.45, 2.75) is 122 Å². The van der Waals surface area contributed by atoms with Crippen molar-refractivity contribution in [2.24, 2.45) is 0 Å². The molecule has 9 heteroatoms. The van der Waals surface area contributed by atoms with Crippen LogP contribution in [-0.2, 0) is 26.3 Å². The molecular formula is C27H51NO5SSi2. The lowest BCUT2D eigenvalue weighted by molar-refractivity contribution is 0.0820. The highest BCUT2D eigenvalue weighted by atomic mass is 32.2. The molecule has 1 aromatic carbocycles. The van der Waals surface area contributed by atoms with Crippen LogP contribution in [0.5, 0.6) is 11.5 Å². The predicted octanol–water partition coefficient (Wildman–Crippen LogP) is 6.79. The molecule has 1 N–H and O–H groups in total. The van der Waals surface area contributed by atoms with Crippen LogP contribution in [0.1, 0.15) is 67.9 Å². The molecule has 1 unspecified atom stereocenters. The number of hydrogen-bond donors (Lipinski definition) is 1. The van der Waals surface area contributed by atoms with E-state index in [1.54, 1.807) is 0 Å². The highest BCUT2D eigenvalue weighted by Gasteiger charge is 2.44. The molecule has 0 bridgehead atoms. The van der Waals surface area contributed by atoms with Gasteiger partial charge >= 0.3 is 0 Å². The maximum absolute atomic E-state index is 13.4. The molecule has 0 saturated heterocycles. The maximum atomic E-state index is 13.4. The molecule has 0 aliphatic carbocycles. The van der Waals surface area contributed by atoms with Gasteiger partial charge in [-0.15, -0.1) is 0 Å². The van der Waals surface area contributed by atoms with E-state index in [-0.39, 0.29) is 29.0 Å². The minimum Gasteiger partial charge on any atom is -0.454 e. The van der Waals surface area contributed by atoms with Gasteiger partial charge in [0.05, 0.1) is 34.5 Å². The Morgan fingerprint density at radius 1 is 0.944 bits per heavy atom. The molecule has 36 heavy (non-hydrogen) atoms. The Kier molecular flexibility index (Phi) is 9.78. The Labute approximate surface area is 225 Å². The second-order valence-electron chi connectivity index (χ2n) is 13.9. The van der Waals surface area contributed by atoms with Crippen molar-refractivity contribution in [1.29, 1.82) is 0 Å². The first-order chi connectivity index (χ1) is 16.2. The molecule has 2 rings (SSSR count). The third kappa shape index (κ3) is 7.90. The lowest BCUT2D eigenvalue weighted by Crippen LogP contribution is -2.56. The van der Waals surface area contributed by atoms with Crippen molar-refractivity contribution >= 4 is 27.6 Å². The monoisotopic (exact) mass is 557 g/mol. The molecule has 6 nitrogen and oxygen atoms in total. The molecule has 208 valence electrons. The highest BCUT2D eigenvalue weighted by Crippen LogP contribution is 2.41. The zero-order valence-corrected chi connectivity index (χ0v) is 27.8. The number of rotatable bonds is 10. The van der Waals surface area contributed by atoms with Crippen LogP contribution in [0.4, 0.5) is 0 Å². The first-order valence-electron chi connectivity index (χ1n) is 13.0. The third-order valence-electron chi connectivity index (χ3n) is 7.85. The number of hydrogen-bond acceptors (Lipinski definition) is 5. The summed E-state index contributed by atoms with van der Waals surface area (Å²) >= 11 is 0. The van der Waals surface area contributed by atoms with Gasteiger partial charge in [-0.1, -0.05) is 53.7 Å². The summed E-state index contributed by atoms with van der Waals surface area (Å²) in [5, 5.41) is 0.109. The molecule has 1 aliphatic rings. The minimum absolute atomic E-state index is 0.0287. The van der Waals surface area contributed by atoms with Crippen molar-refractivity contribution in [3.05, 3.63) is 23.8 Å². The van der Waals surface area contributed by atoms with Crippen molar-refractivity contribution in [3.8, 4) is 11.5 Å². The molecule has 0 aromatic heterocycles. The largest absolute Gasteiger partial charge is 0.454 e. The van der Waals surface area contributed by atoms with Crippen LogP contribution in [0.2, 0.25) is 36.3 Å². The minimum atomic E-state index is -2.17. The summed E-state index contributed by atoms with van der Waals surface area (Å²) in [6, 6.07) is 5.72. The second-order valence-corrected chi connectivity index (χ2v) is 25.5. The average Bonchev–Trinajstić information content (AvgIpc) is 3.18. The third-order valence-corrected chi connectivity index (χ3v) is 18.5. The average molecular weight is 558 g/mol. The van der Waals surface area contributed by atoms with Gasteiger partial charge in [0.15, 0.2) is 28.1 Å². The molecule has 1 heterocycles. The molecule has 0 spiro atoms. The Hall–Kier alpha value is -0.716. The van der Waals surface area contributed by atoms with Crippen LogP contribution >= 0.6 is 0 Å². The zero-order valence-electron chi connectivity index (χ0n) is 25.0. The van der Waals surface area contributed by atoms with Gasteiger partial charge in [-0.2, -0.15) is 0 Å². The first kappa shape index (κ1) is 31.5. The van der Waals surface area contributed by atoms with E-state index in [2.05, 4.69) is 78.5 Å². The quantitative estimate of drug-likeness (QED) is 0.321. The van der Waals surface area contributed by atoms with Crippen molar-refractivity contribution < 1.29 is 22.5 Å². The SMILES string of the molecule is CC(C)(C)S(=O)N[C@@H](Cc1cccc2c1OCO2)[C@@H](CO[Si](C)(C)C(C)(C)C)O[Si](C)(C)C(C)(C)C. The van der Waals surface area contributed by atoms with E-state index in [4.69, 9.17) is 18.3 Å². The van der Waals surface area contributed by atoms with E-state index in [0.717, 1.165) is 17.1 Å². The van der Waals surface area contributed by atoms with Crippen molar-refractivity contribution in [1.82, 2.24) is 4.72 Å². The van der Waals surface area contributed by atoms with Gasteiger partial charge in [0.25, 0.3) is 0 Å². The summed E-state index contributed by atoms with van der Waals surface area (Å²) in [6.45, 7) is 29.2. The Balaban J connectivity index is 2.49. The van der Waals surface area contributed by atoms with Crippen LogP contribution in [0.15, 0.2) is 18.2 Å². The van der Waals surface area contributed by atoms with Crippen LogP contribution in [0.3, 0.4) is 0 Å². The van der Waals surface area contributed by atoms with Crippen LogP contribution in [0.25, 0.3) is 0 Å². The topological polar surface area (TPSA) is 66.0 Å². The molecule has 0 amide bonds. The number of benzene rings is 1. The zero-order chi connectivity index (χ0) is 27.7. The number of fused-ring (bicyclic) bond motifs is 1. The fourth-order valence-corrected chi connectivity index (χ4v) is 6.47. The van der Waals surface area contributed by atoms with Crippen molar-refractivity contribution in [2.75, 3.05) is 13.4 Å². The fraction of sp³-hybridized carbons (Fsp3) is 0.778. The van der Waals surface area contributed by atoms with E-state index in [1.807, 2.05) is 32.9 Å². The smallest absolute Gasteiger partial charge is 0.231 e. The van der Waals surface area contributed by atoms with Gasteiger partial charge in [-0.3, -0.25) is 0 Å². The summed E-state index contributed by atoms with van der Waals surface area (Å²) in [5.41, 5.74) is 1.02. The molecule has 0 fully saturated rings. The van der Waals surface area contributed by atoms with Gasteiger partial charge in [-0.05, 0) is 75.1 Å². The number of ether oxygens (including phenoxy) is 2. The highest BCUT2D eigenvalue weighted by molar-refractivity contribution is 7.84.